The molecule has 0 spiro atoms. The van der Waals surface area contributed by atoms with Crippen molar-refractivity contribution in [2.45, 2.75) is 32.7 Å². The highest BCUT2D eigenvalue weighted by atomic mass is 35.5. The van der Waals surface area contributed by atoms with Crippen molar-refractivity contribution in [2.75, 3.05) is 13.1 Å². The summed E-state index contributed by atoms with van der Waals surface area (Å²) in [6.07, 6.45) is 4.03. The van der Waals surface area contributed by atoms with Gasteiger partial charge in [0, 0.05) is 6.54 Å². The number of likely N-dealkylation sites (tertiary alicyclic amines) is 1. The highest BCUT2D eigenvalue weighted by Gasteiger charge is 2.40. The lowest BCUT2D eigenvalue weighted by Gasteiger charge is -2.39. The van der Waals surface area contributed by atoms with Gasteiger partial charge in [-0.15, -0.1) is 11.3 Å². The summed E-state index contributed by atoms with van der Waals surface area (Å²) in [5.74, 6) is -0.674. The van der Waals surface area contributed by atoms with E-state index in [9.17, 15) is 9.90 Å². The van der Waals surface area contributed by atoms with Gasteiger partial charge in [0.15, 0.2) is 0 Å². The number of hydrogen-bond donors (Lipinski definition) is 1. The molecule has 0 saturated carbocycles. The fraction of sp³-hybridized carbons (Fsp3) is 0.667. The summed E-state index contributed by atoms with van der Waals surface area (Å²) < 4.78 is 0.682. The number of hydrogen-bond acceptors (Lipinski definition) is 4. The molecule has 2 rings (SSSR count). The minimum absolute atomic E-state index is 0.584. The minimum atomic E-state index is -0.674. The summed E-state index contributed by atoms with van der Waals surface area (Å²) in [5, 5.41) is 10.4. The molecule has 100 valence electrons. The molecule has 0 radical (unpaired) electrons. The number of piperidine rings is 1. The van der Waals surface area contributed by atoms with Crippen LogP contribution < -0.4 is 0 Å². The first-order valence-electron chi connectivity index (χ1n) is 6.12. The number of halogens is 1. The summed E-state index contributed by atoms with van der Waals surface area (Å²) in [4.78, 5) is 17.9. The van der Waals surface area contributed by atoms with Crippen molar-refractivity contribution >= 4 is 28.9 Å². The monoisotopic (exact) mass is 288 g/mol. The van der Waals surface area contributed by atoms with Gasteiger partial charge in [-0.2, -0.15) is 0 Å². The third kappa shape index (κ3) is 2.84. The van der Waals surface area contributed by atoms with Crippen molar-refractivity contribution < 1.29 is 9.90 Å². The van der Waals surface area contributed by atoms with E-state index >= 15 is 0 Å². The Balaban J connectivity index is 2.04. The zero-order chi connectivity index (χ0) is 13.2. The van der Waals surface area contributed by atoms with Crippen molar-refractivity contribution in [2.24, 2.45) is 5.41 Å². The molecule has 1 atom stereocenters. The number of nitrogens with zero attached hydrogens (tertiary/aromatic N) is 2. The number of carboxylic acid groups (broad SMARTS) is 1. The Kier molecular flexibility index (Phi) is 4.25. The summed E-state index contributed by atoms with van der Waals surface area (Å²) in [6, 6.07) is 0. The zero-order valence-electron chi connectivity index (χ0n) is 10.4. The standard InChI is InChI=1S/C12H17ClN2O2S/c1-2-12(11(16)17)4-3-5-15(8-12)7-10-14-6-9(13)18-10/h6H,2-5,7-8H2,1H3,(H,16,17). The smallest absolute Gasteiger partial charge is 0.310 e. The maximum absolute atomic E-state index is 11.4. The molecule has 1 aromatic heterocycles. The molecular formula is C12H17ClN2O2S. The number of thiazole rings is 1. The van der Waals surface area contributed by atoms with E-state index in [1.165, 1.54) is 11.3 Å². The molecule has 0 bridgehead atoms. The van der Waals surface area contributed by atoms with Crippen LogP contribution in [-0.2, 0) is 11.3 Å². The second-order valence-corrected chi connectivity index (χ2v) is 6.56. The van der Waals surface area contributed by atoms with Crippen molar-refractivity contribution in [3.63, 3.8) is 0 Å². The van der Waals surface area contributed by atoms with Crippen LogP contribution in [0.4, 0.5) is 0 Å². The lowest BCUT2D eigenvalue weighted by molar-refractivity contribution is -0.153. The Bertz CT molecular complexity index is 437. The third-order valence-electron chi connectivity index (χ3n) is 3.67. The van der Waals surface area contributed by atoms with Gasteiger partial charge in [0.1, 0.15) is 9.34 Å². The number of carboxylic acids is 1. The molecule has 0 aromatic carbocycles. The first-order valence-corrected chi connectivity index (χ1v) is 7.31. The molecule has 4 nitrogen and oxygen atoms in total. The molecule has 1 unspecified atom stereocenters. The molecule has 18 heavy (non-hydrogen) atoms. The van der Waals surface area contributed by atoms with Crippen molar-refractivity contribution in [3.05, 3.63) is 15.5 Å². The van der Waals surface area contributed by atoms with E-state index in [1.807, 2.05) is 6.92 Å². The molecule has 1 aliphatic heterocycles. The zero-order valence-corrected chi connectivity index (χ0v) is 11.9. The number of aromatic nitrogens is 1. The Morgan fingerprint density at radius 3 is 3.06 bits per heavy atom. The van der Waals surface area contributed by atoms with E-state index in [1.54, 1.807) is 6.20 Å². The van der Waals surface area contributed by atoms with Crippen molar-refractivity contribution in [3.8, 4) is 0 Å². The summed E-state index contributed by atoms with van der Waals surface area (Å²) in [7, 11) is 0. The topological polar surface area (TPSA) is 53.4 Å². The largest absolute Gasteiger partial charge is 0.481 e. The predicted octanol–water partition coefficient (Wildman–Crippen LogP) is 2.87. The predicted molar refractivity (Wildman–Crippen MR) is 72.0 cm³/mol. The SMILES string of the molecule is CCC1(C(=O)O)CCCN(Cc2ncc(Cl)s2)C1. The Hall–Kier alpha value is -0.650. The van der Waals surface area contributed by atoms with E-state index in [-0.39, 0.29) is 0 Å². The molecule has 1 saturated heterocycles. The summed E-state index contributed by atoms with van der Waals surface area (Å²) in [6.45, 7) is 4.20. The van der Waals surface area contributed by atoms with Crippen LogP contribution in [0.5, 0.6) is 0 Å². The van der Waals surface area contributed by atoms with Gasteiger partial charge >= 0.3 is 5.97 Å². The average Bonchev–Trinajstić information content (AvgIpc) is 2.74. The summed E-state index contributed by atoms with van der Waals surface area (Å²) in [5.41, 5.74) is -0.584. The van der Waals surface area contributed by atoms with Crippen LogP contribution in [-0.4, -0.2) is 34.0 Å². The molecule has 0 aliphatic carbocycles. The van der Waals surface area contributed by atoms with Crippen LogP contribution >= 0.6 is 22.9 Å². The van der Waals surface area contributed by atoms with Gasteiger partial charge in [-0.25, -0.2) is 4.98 Å². The molecule has 1 aromatic rings. The second kappa shape index (κ2) is 5.55. The second-order valence-electron chi connectivity index (χ2n) is 4.81. The van der Waals surface area contributed by atoms with Gasteiger partial charge < -0.3 is 5.11 Å². The van der Waals surface area contributed by atoms with Gasteiger partial charge in [0.2, 0.25) is 0 Å². The van der Waals surface area contributed by atoms with E-state index < -0.39 is 11.4 Å². The van der Waals surface area contributed by atoms with Crippen LogP contribution in [0.1, 0.15) is 31.2 Å². The van der Waals surface area contributed by atoms with Crippen molar-refractivity contribution in [1.82, 2.24) is 9.88 Å². The Morgan fingerprint density at radius 2 is 2.50 bits per heavy atom. The summed E-state index contributed by atoms with van der Waals surface area (Å²) >= 11 is 7.32. The normalized spacial score (nSPS) is 25.2. The van der Waals surface area contributed by atoms with Crippen LogP contribution in [0.2, 0.25) is 4.34 Å². The first kappa shape index (κ1) is 13.8. The maximum atomic E-state index is 11.4. The highest BCUT2D eigenvalue weighted by molar-refractivity contribution is 7.15. The quantitative estimate of drug-likeness (QED) is 0.925. The highest BCUT2D eigenvalue weighted by Crippen LogP contribution is 2.34. The lowest BCUT2D eigenvalue weighted by atomic mass is 9.77. The third-order valence-corrected chi connectivity index (χ3v) is 4.77. The fourth-order valence-electron chi connectivity index (χ4n) is 2.53. The average molecular weight is 289 g/mol. The van der Waals surface area contributed by atoms with Gasteiger partial charge in [-0.1, -0.05) is 18.5 Å². The van der Waals surface area contributed by atoms with Crippen LogP contribution in [0.25, 0.3) is 0 Å². The Morgan fingerprint density at radius 1 is 1.72 bits per heavy atom. The lowest BCUT2D eigenvalue weighted by Crippen LogP contribution is -2.47. The molecular weight excluding hydrogens is 272 g/mol. The fourth-order valence-corrected chi connectivity index (χ4v) is 3.53. The van der Waals surface area contributed by atoms with Gasteiger partial charge in [0.25, 0.3) is 0 Å². The molecule has 1 N–H and O–H groups in total. The minimum Gasteiger partial charge on any atom is -0.481 e. The number of carbonyl (C=O) groups is 1. The number of aliphatic carboxylic acids is 1. The molecule has 0 amide bonds. The Labute approximate surface area is 116 Å². The van der Waals surface area contributed by atoms with E-state index in [0.29, 0.717) is 23.8 Å². The number of rotatable bonds is 4. The van der Waals surface area contributed by atoms with Crippen molar-refractivity contribution in [1.29, 1.82) is 0 Å². The van der Waals surface area contributed by atoms with Crippen LogP contribution in [0.15, 0.2) is 6.20 Å². The van der Waals surface area contributed by atoms with Crippen LogP contribution in [0.3, 0.4) is 0 Å². The van der Waals surface area contributed by atoms with E-state index in [4.69, 9.17) is 11.6 Å². The van der Waals surface area contributed by atoms with Gasteiger partial charge in [-0.3, -0.25) is 9.69 Å². The first-order chi connectivity index (χ1) is 8.55. The molecule has 1 fully saturated rings. The molecule has 1 aliphatic rings. The van der Waals surface area contributed by atoms with E-state index in [0.717, 1.165) is 24.4 Å². The molecule has 2 heterocycles. The van der Waals surface area contributed by atoms with E-state index in [2.05, 4.69) is 9.88 Å². The van der Waals surface area contributed by atoms with Gasteiger partial charge in [0.05, 0.1) is 18.2 Å². The van der Waals surface area contributed by atoms with Gasteiger partial charge in [-0.05, 0) is 25.8 Å². The van der Waals surface area contributed by atoms with Crippen LogP contribution in [0, 0.1) is 5.41 Å². The maximum Gasteiger partial charge on any atom is 0.310 e. The molecule has 6 heteroatoms.